The molecule has 170 valence electrons. The number of carbonyl (C=O) groups excluding carboxylic acids is 3. The average molecular weight is 453 g/mol. The third-order valence-electron chi connectivity index (χ3n) is 5.94. The van der Waals surface area contributed by atoms with Crippen LogP contribution in [-0.4, -0.2) is 53.8 Å². The Hall–Kier alpha value is -4.10. The van der Waals surface area contributed by atoms with Crippen molar-refractivity contribution in [3.8, 4) is 0 Å². The van der Waals surface area contributed by atoms with E-state index in [0.29, 0.717) is 48.9 Å². The maximum Gasteiger partial charge on any atom is 0.246 e. The second-order valence-corrected chi connectivity index (χ2v) is 8.19. The van der Waals surface area contributed by atoms with Gasteiger partial charge >= 0.3 is 0 Å². The van der Waals surface area contributed by atoms with E-state index >= 15 is 0 Å². The molecule has 1 aromatic heterocycles. The Bertz CT molecular complexity index is 1370. The van der Waals surface area contributed by atoms with Crippen molar-refractivity contribution >= 4 is 46.3 Å². The van der Waals surface area contributed by atoms with Crippen LogP contribution in [0.2, 0.25) is 0 Å². The molecule has 3 heterocycles. The number of pyridine rings is 1. The fourth-order valence-electron chi connectivity index (χ4n) is 4.24. The lowest BCUT2D eigenvalue weighted by Gasteiger charge is -2.25. The molecule has 0 bridgehead atoms. The van der Waals surface area contributed by atoms with Crippen molar-refractivity contribution in [2.75, 3.05) is 31.2 Å². The van der Waals surface area contributed by atoms with Crippen molar-refractivity contribution in [2.24, 2.45) is 0 Å². The molecule has 2 aliphatic rings. The number of carbonyl (C=O) groups is 3. The van der Waals surface area contributed by atoms with Gasteiger partial charge in [-0.3, -0.25) is 19.3 Å². The van der Waals surface area contributed by atoms with Gasteiger partial charge < -0.3 is 9.64 Å². The van der Waals surface area contributed by atoms with Crippen LogP contribution in [0.25, 0.3) is 23.1 Å². The maximum atomic E-state index is 12.9. The fourth-order valence-corrected chi connectivity index (χ4v) is 4.24. The van der Waals surface area contributed by atoms with Crippen molar-refractivity contribution < 1.29 is 19.1 Å². The molecule has 7 heteroatoms. The molecule has 0 saturated carbocycles. The van der Waals surface area contributed by atoms with Crippen LogP contribution < -0.4 is 4.90 Å². The summed E-state index contributed by atoms with van der Waals surface area (Å²) in [7, 11) is 0. The molecule has 2 amide bonds. The molecule has 2 aliphatic heterocycles. The van der Waals surface area contributed by atoms with E-state index in [1.54, 1.807) is 47.4 Å². The molecular formula is C27H23N3O4. The SMILES string of the molecule is CC(=O)N1/C(=C\c2ccc3cc(/C=C/C(=O)N4CCOCC4)ccc3n2)C(=O)c2ccccc21. The molecule has 7 nitrogen and oxygen atoms in total. The number of nitrogens with zero attached hydrogens (tertiary/aromatic N) is 3. The third kappa shape index (κ3) is 4.13. The van der Waals surface area contributed by atoms with E-state index in [9.17, 15) is 14.4 Å². The van der Waals surface area contributed by atoms with Gasteiger partial charge in [-0.1, -0.05) is 24.3 Å². The summed E-state index contributed by atoms with van der Waals surface area (Å²) in [6.07, 6.45) is 5.03. The molecule has 0 radical (unpaired) electrons. The van der Waals surface area contributed by atoms with Crippen LogP contribution in [-0.2, 0) is 14.3 Å². The molecule has 0 unspecified atom stereocenters. The summed E-state index contributed by atoms with van der Waals surface area (Å²) in [6.45, 7) is 3.80. The Kier molecular flexibility index (Phi) is 5.77. The standard InChI is InChI=1S/C27H23N3O4/c1-18(31)30-24-5-3-2-4-22(24)27(33)25(30)17-21-9-8-20-16-19(6-10-23(20)28-21)7-11-26(32)29-12-14-34-15-13-29/h2-11,16-17H,12-15H2,1H3/b11-7+,25-17-. The average Bonchev–Trinajstić information content (AvgIpc) is 3.14. The zero-order valence-corrected chi connectivity index (χ0v) is 18.7. The van der Waals surface area contributed by atoms with Gasteiger partial charge in [0.15, 0.2) is 0 Å². The van der Waals surface area contributed by atoms with Gasteiger partial charge in [0.05, 0.1) is 35.8 Å². The van der Waals surface area contributed by atoms with Gasteiger partial charge in [0.1, 0.15) is 0 Å². The number of Topliss-reactive ketones (excluding diaryl/α,β-unsaturated/α-hetero) is 1. The molecule has 3 aromatic rings. The minimum absolute atomic E-state index is 0.0271. The van der Waals surface area contributed by atoms with Crippen LogP contribution in [0.15, 0.2) is 66.4 Å². The van der Waals surface area contributed by atoms with Crippen molar-refractivity contribution in [1.29, 1.82) is 0 Å². The molecule has 2 aromatic carbocycles. The first-order chi connectivity index (χ1) is 16.5. The number of hydrogen-bond acceptors (Lipinski definition) is 5. The van der Waals surface area contributed by atoms with E-state index in [1.165, 1.54) is 11.8 Å². The second-order valence-electron chi connectivity index (χ2n) is 8.19. The smallest absolute Gasteiger partial charge is 0.246 e. The molecule has 34 heavy (non-hydrogen) atoms. The number of rotatable bonds is 3. The van der Waals surface area contributed by atoms with E-state index in [4.69, 9.17) is 4.74 Å². The normalized spacial score (nSPS) is 17.1. The first kappa shape index (κ1) is 21.7. The highest BCUT2D eigenvalue weighted by Gasteiger charge is 2.34. The lowest BCUT2D eigenvalue weighted by molar-refractivity contribution is -0.129. The number of hydrogen-bond donors (Lipinski definition) is 0. The summed E-state index contributed by atoms with van der Waals surface area (Å²) >= 11 is 0. The number of benzene rings is 2. The third-order valence-corrected chi connectivity index (χ3v) is 5.94. The van der Waals surface area contributed by atoms with Crippen LogP contribution >= 0.6 is 0 Å². The Morgan fingerprint density at radius 2 is 1.82 bits per heavy atom. The van der Waals surface area contributed by atoms with Crippen molar-refractivity contribution in [2.45, 2.75) is 6.92 Å². The predicted octanol–water partition coefficient (Wildman–Crippen LogP) is 3.70. The van der Waals surface area contributed by atoms with Gasteiger partial charge in [-0.15, -0.1) is 0 Å². The summed E-state index contributed by atoms with van der Waals surface area (Å²) in [4.78, 5) is 45.4. The van der Waals surface area contributed by atoms with Crippen LogP contribution in [0.1, 0.15) is 28.5 Å². The number of ether oxygens (including phenoxy) is 1. The molecule has 1 saturated heterocycles. The zero-order valence-electron chi connectivity index (χ0n) is 18.7. The number of ketones is 1. The van der Waals surface area contributed by atoms with Crippen LogP contribution in [0.5, 0.6) is 0 Å². The minimum Gasteiger partial charge on any atom is -0.378 e. The van der Waals surface area contributed by atoms with E-state index in [2.05, 4.69) is 4.98 Å². The summed E-state index contributed by atoms with van der Waals surface area (Å²) in [5.74, 6) is -0.452. The first-order valence-corrected chi connectivity index (χ1v) is 11.1. The van der Waals surface area contributed by atoms with Crippen LogP contribution in [0.4, 0.5) is 5.69 Å². The van der Waals surface area contributed by atoms with Gasteiger partial charge in [-0.05, 0) is 48.0 Å². The Morgan fingerprint density at radius 3 is 2.62 bits per heavy atom. The van der Waals surface area contributed by atoms with Gasteiger partial charge in [-0.2, -0.15) is 0 Å². The second kappa shape index (κ2) is 9.03. The lowest BCUT2D eigenvalue weighted by Crippen LogP contribution is -2.39. The van der Waals surface area contributed by atoms with Crippen molar-refractivity contribution in [3.05, 3.63) is 83.2 Å². The highest BCUT2D eigenvalue weighted by Crippen LogP contribution is 2.35. The van der Waals surface area contributed by atoms with E-state index in [0.717, 1.165) is 16.5 Å². The van der Waals surface area contributed by atoms with E-state index in [-0.39, 0.29) is 17.6 Å². The summed E-state index contributed by atoms with van der Waals surface area (Å²) < 4.78 is 5.29. The number of para-hydroxylation sites is 1. The topological polar surface area (TPSA) is 79.8 Å². The van der Waals surface area contributed by atoms with Crippen LogP contribution in [0, 0.1) is 0 Å². The monoisotopic (exact) mass is 453 g/mol. The lowest BCUT2D eigenvalue weighted by atomic mass is 10.1. The highest BCUT2D eigenvalue weighted by atomic mass is 16.5. The van der Waals surface area contributed by atoms with Gasteiger partial charge in [0.2, 0.25) is 17.6 Å². The molecule has 0 N–H and O–H groups in total. The van der Waals surface area contributed by atoms with E-state index < -0.39 is 0 Å². The van der Waals surface area contributed by atoms with Crippen LogP contribution in [0.3, 0.4) is 0 Å². The largest absolute Gasteiger partial charge is 0.378 e. The van der Waals surface area contributed by atoms with Gasteiger partial charge in [0.25, 0.3) is 0 Å². The molecule has 0 atom stereocenters. The Morgan fingerprint density at radius 1 is 1.03 bits per heavy atom. The quantitative estimate of drug-likeness (QED) is 0.565. The van der Waals surface area contributed by atoms with Gasteiger partial charge in [-0.25, -0.2) is 4.98 Å². The highest BCUT2D eigenvalue weighted by molar-refractivity contribution is 6.26. The summed E-state index contributed by atoms with van der Waals surface area (Å²) in [6, 6.07) is 16.5. The number of allylic oxidation sites excluding steroid dienone is 1. The maximum absolute atomic E-state index is 12.9. The number of morpholine rings is 1. The fraction of sp³-hybridized carbons (Fsp3) is 0.185. The Labute approximate surface area is 196 Å². The van der Waals surface area contributed by atoms with Crippen molar-refractivity contribution in [1.82, 2.24) is 9.88 Å². The molecule has 5 rings (SSSR count). The summed E-state index contributed by atoms with van der Waals surface area (Å²) in [5, 5.41) is 0.910. The van der Waals surface area contributed by atoms with Gasteiger partial charge in [0, 0.05) is 37.0 Å². The number of amides is 2. The Balaban J connectivity index is 1.40. The molecule has 0 spiro atoms. The molecule has 1 fully saturated rings. The molecule has 0 aliphatic carbocycles. The van der Waals surface area contributed by atoms with E-state index in [1.807, 2.05) is 30.3 Å². The number of anilines is 1. The predicted molar refractivity (Wildman–Crippen MR) is 130 cm³/mol. The van der Waals surface area contributed by atoms with Crippen molar-refractivity contribution in [3.63, 3.8) is 0 Å². The minimum atomic E-state index is -0.228. The number of fused-ring (bicyclic) bond motifs is 2. The molecular weight excluding hydrogens is 430 g/mol. The summed E-state index contributed by atoms with van der Waals surface area (Å²) in [5.41, 5.74) is 3.62. The first-order valence-electron chi connectivity index (χ1n) is 11.1. The zero-order chi connectivity index (χ0) is 23.7. The number of aromatic nitrogens is 1.